The third-order valence-corrected chi connectivity index (χ3v) is 21.4. The lowest BCUT2D eigenvalue weighted by Gasteiger charge is -2.30. The first-order valence-electron chi connectivity index (χ1n) is 32.3. The topological polar surface area (TPSA) is 382 Å². The zero-order valence-corrected chi connectivity index (χ0v) is 57.1. The van der Waals surface area contributed by atoms with Gasteiger partial charge in [-0.05, 0) is 90.2 Å². The molecule has 0 aliphatic carbocycles. The maximum atomic E-state index is 16.1. The highest BCUT2D eigenvalue weighted by Gasteiger charge is 2.43. The van der Waals surface area contributed by atoms with Crippen LogP contribution in [0.2, 0.25) is 11.1 Å². The van der Waals surface area contributed by atoms with Gasteiger partial charge in [-0.25, -0.2) is 4.98 Å². The number of imidazole rings is 1. The number of carbonyl (C=O) groups is 11. The zero-order valence-electron chi connectivity index (χ0n) is 56.1. The monoisotopic (exact) mass is 1310 g/mol. The fourth-order valence-electron chi connectivity index (χ4n) is 11.0. The molecule has 2 heterocycles. The van der Waals surface area contributed by atoms with Crippen molar-refractivity contribution in [1.29, 1.82) is 0 Å². The standard InChI is InChI=1S/C66H101FN14O11Si/c1-13-42(10)49(26-28-57(84)76-52(61(69)87)30-38(2)3)78-65(91)54(33-46-35-70-37-81(46)12)77-59(86)36-73-66(92)60(39(4)5)80-62(88)43(11)74-64(90)53(32-45-34-72-50-19-15-14-18-48(45)50)79-63(89)51(25-27-55(68)82)75-56(83)20-16-17-29-71-58(85)31-44-21-23-47(24-22-44)93(67,40(6)7)41(8)9/h14-15,18-19,21-24,34-35,37-43,49,51-54,60,72H,13,16-17,20,25-33,36H2,1-12H3,(H2,68,82)(H2,69,87)(H,71,85)(H,73,92)(H,74,90)(H,75,83)(H,76,84)(H,77,86)(H,78,91)(H,79,89)(H,80,88)/t42?,43-,49?,51-,52-,53-,54-,60-/m0/s1/i67+0. The number of nitrogens with zero attached hydrogens (tertiary/aromatic N) is 2. The van der Waals surface area contributed by atoms with Crippen LogP contribution in [0.25, 0.3) is 10.9 Å². The third kappa shape index (κ3) is 24.5. The second-order valence-corrected chi connectivity index (χ2v) is 30.1. The van der Waals surface area contributed by atoms with Gasteiger partial charge >= 0.3 is 0 Å². The highest BCUT2D eigenvalue weighted by molar-refractivity contribution is 6.88. The van der Waals surface area contributed by atoms with E-state index in [4.69, 9.17) is 11.5 Å². The molecule has 0 fully saturated rings. The number of aromatic nitrogens is 3. The number of hydrogen-bond acceptors (Lipinski definition) is 12. The molecule has 0 aliphatic heterocycles. The predicted octanol–water partition coefficient (Wildman–Crippen LogP) is 2.97. The van der Waals surface area contributed by atoms with Crippen molar-refractivity contribution in [3.8, 4) is 0 Å². The molecule has 0 saturated carbocycles. The molecule has 0 saturated heterocycles. The quantitative estimate of drug-likeness (QED) is 0.0174. The molecule has 0 aliphatic rings. The van der Waals surface area contributed by atoms with E-state index in [1.54, 1.807) is 68.2 Å². The van der Waals surface area contributed by atoms with E-state index in [1.807, 2.05) is 73.6 Å². The first-order chi connectivity index (χ1) is 43.8. The van der Waals surface area contributed by atoms with Gasteiger partial charge < -0.3 is 73.0 Å². The molecule has 2 aromatic carbocycles. The number of aromatic amines is 1. The molecular weight excluding hydrogens is 1210 g/mol. The maximum Gasteiger partial charge on any atom is 0.282 e. The number of nitrogens with two attached hydrogens (primary N) is 2. The lowest BCUT2D eigenvalue weighted by atomic mass is 9.94. The minimum atomic E-state index is -3.23. The van der Waals surface area contributed by atoms with E-state index in [1.165, 1.54) is 13.3 Å². The molecule has 11 amide bonds. The van der Waals surface area contributed by atoms with Gasteiger partial charge in [-0.3, -0.25) is 52.7 Å². The molecule has 27 heteroatoms. The van der Waals surface area contributed by atoms with E-state index < -0.39 is 122 Å². The second kappa shape index (κ2) is 37.3. The van der Waals surface area contributed by atoms with Gasteiger partial charge in [-0.15, -0.1) is 0 Å². The number of halogens is 1. The smallest absolute Gasteiger partial charge is 0.282 e. The van der Waals surface area contributed by atoms with E-state index >= 15 is 4.11 Å². The predicted molar refractivity (Wildman–Crippen MR) is 355 cm³/mol. The van der Waals surface area contributed by atoms with Gasteiger partial charge in [0.2, 0.25) is 65.0 Å². The summed E-state index contributed by atoms with van der Waals surface area (Å²) in [5.74, 6) is -7.59. The van der Waals surface area contributed by atoms with Gasteiger partial charge in [0.15, 0.2) is 0 Å². The summed E-state index contributed by atoms with van der Waals surface area (Å²) in [6.07, 6.45) is 6.14. The number of benzene rings is 2. The number of hydrogen-bond donors (Lipinski definition) is 12. The number of fused-ring (bicyclic) bond motifs is 1. The Labute approximate surface area is 546 Å². The molecule has 8 atom stereocenters. The van der Waals surface area contributed by atoms with Crippen LogP contribution in [0.15, 0.2) is 67.3 Å². The molecule has 512 valence electrons. The van der Waals surface area contributed by atoms with Crippen molar-refractivity contribution in [2.45, 2.75) is 207 Å². The molecule has 25 nitrogen and oxygen atoms in total. The van der Waals surface area contributed by atoms with Gasteiger partial charge in [0, 0.05) is 80.7 Å². The number of unbranched alkanes of at least 4 members (excludes halogenated alkanes) is 1. The number of primary amides is 2. The van der Waals surface area contributed by atoms with E-state index in [-0.39, 0.29) is 86.7 Å². The second-order valence-electron chi connectivity index (χ2n) is 25.7. The van der Waals surface area contributed by atoms with Crippen LogP contribution in [0, 0.1) is 17.8 Å². The van der Waals surface area contributed by atoms with Crippen LogP contribution in [-0.4, -0.2) is 143 Å². The Morgan fingerprint density at radius 2 is 1.24 bits per heavy atom. The fourth-order valence-corrected chi connectivity index (χ4v) is 14.3. The van der Waals surface area contributed by atoms with Crippen molar-refractivity contribution in [3.63, 3.8) is 0 Å². The molecule has 4 aromatic rings. The molecule has 2 unspecified atom stereocenters. The lowest BCUT2D eigenvalue weighted by molar-refractivity contribution is -0.135. The summed E-state index contributed by atoms with van der Waals surface area (Å²) in [5, 5.41) is 25.9. The Morgan fingerprint density at radius 3 is 1.84 bits per heavy atom. The molecule has 0 bridgehead atoms. The number of H-pyrrole nitrogens is 1. The molecule has 4 rings (SSSR count). The summed E-state index contributed by atoms with van der Waals surface area (Å²) in [6.45, 7) is 19.6. The van der Waals surface area contributed by atoms with Crippen LogP contribution in [0.4, 0.5) is 4.11 Å². The number of nitrogens with one attached hydrogen (secondary N) is 10. The first kappa shape index (κ1) is 77.0. The lowest BCUT2D eigenvalue weighted by Crippen LogP contribution is -2.59. The number of rotatable bonds is 40. The SMILES string of the molecule is CCC(C)C(CCC(=O)N[C@@H](CC(C)C)C(N)=O)NC(=O)[C@H](Cc1cncn1C)NC(=O)CNC(=O)[C@@H](NC(=O)[C@H](C)NC(=O)[C@H](Cc1c[nH]c2ccccc12)NC(=O)[C@H](CCC(N)=O)NC(=O)CCCCNC(=O)Cc1ccc([Si]([19F])(C(C)C)C(C)C)cc1)C(C)C. The summed E-state index contributed by atoms with van der Waals surface area (Å²) in [5.41, 5.74) is 13.5. The van der Waals surface area contributed by atoms with E-state index in [9.17, 15) is 52.7 Å². The molecule has 0 spiro atoms. The highest BCUT2D eigenvalue weighted by Crippen LogP contribution is 2.33. The van der Waals surface area contributed by atoms with Crippen molar-refractivity contribution in [1.82, 2.24) is 62.4 Å². The summed E-state index contributed by atoms with van der Waals surface area (Å²) in [6, 6.07) is 6.62. The number of para-hydroxylation sites is 1. The van der Waals surface area contributed by atoms with Crippen molar-refractivity contribution in [2.24, 2.45) is 36.3 Å². The summed E-state index contributed by atoms with van der Waals surface area (Å²) in [4.78, 5) is 155. The highest BCUT2D eigenvalue weighted by atomic mass is 28.4. The minimum Gasteiger partial charge on any atom is -0.370 e. The van der Waals surface area contributed by atoms with Gasteiger partial charge in [0.05, 0.1) is 19.3 Å². The molecule has 14 N–H and O–H groups in total. The first-order valence-corrected chi connectivity index (χ1v) is 34.4. The van der Waals surface area contributed by atoms with E-state index in [0.29, 0.717) is 42.1 Å². The fraction of sp³-hybridized carbons (Fsp3) is 0.576. The Morgan fingerprint density at radius 1 is 0.624 bits per heavy atom. The zero-order chi connectivity index (χ0) is 69.3. The van der Waals surface area contributed by atoms with E-state index in [2.05, 4.69) is 57.8 Å². The minimum absolute atomic E-state index is 0.00602. The molecule has 0 radical (unpaired) electrons. The Bertz CT molecular complexity index is 3180. The van der Waals surface area contributed by atoms with Gasteiger partial charge in [0.25, 0.3) is 8.41 Å². The van der Waals surface area contributed by atoms with Crippen LogP contribution >= 0.6 is 0 Å². The van der Waals surface area contributed by atoms with Crippen LogP contribution in [0.5, 0.6) is 0 Å². The van der Waals surface area contributed by atoms with Crippen LogP contribution in [-0.2, 0) is 79.1 Å². The van der Waals surface area contributed by atoms with Crippen LogP contribution < -0.4 is 64.5 Å². The van der Waals surface area contributed by atoms with Crippen LogP contribution in [0.1, 0.15) is 151 Å². The average molecular weight is 1310 g/mol. The molecule has 2 aromatic heterocycles. The van der Waals surface area contributed by atoms with Gasteiger partial charge in [0.1, 0.15) is 36.3 Å². The van der Waals surface area contributed by atoms with Crippen LogP contribution in [0.3, 0.4) is 0 Å². The largest absolute Gasteiger partial charge is 0.370 e. The Balaban J connectivity index is 1.39. The Hall–Kier alpha value is -8.49. The maximum absolute atomic E-state index is 16.1. The van der Waals surface area contributed by atoms with E-state index in [0.717, 1.165) is 16.5 Å². The van der Waals surface area contributed by atoms with Crippen molar-refractivity contribution >= 4 is 89.5 Å². The third-order valence-electron chi connectivity index (χ3n) is 16.8. The van der Waals surface area contributed by atoms with Crippen molar-refractivity contribution in [3.05, 3.63) is 84.1 Å². The molecular formula is C66H101FN14O11Si. The van der Waals surface area contributed by atoms with Crippen molar-refractivity contribution < 1.29 is 56.8 Å². The summed E-state index contributed by atoms with van der Waals surface area (Å²) < 4.78 is 17.7. The van der Waals surface area contributed by atoms with Gasteiger partial charge in [-0.2, -0.15) is 0 Å². The summed E-state index contributed by atoms with van der Waals surface area (Å²) in [7, 11) is -1.50. The average Bonchev–Trinajstić information content (AvgIpc) is 1.59. The molecule has 93 heavy (non-hydrogen) atoms. The van der Waals surface area contributed by atoms with Crippen molar-refractivity contribution in [2.75, 3.05) is 13.1 Å². The number of aryl methyl sites for hydroxylation is 1. The summed E-state index contributed by atoms with van der Waals surface area (Å²) >= 11 is 0. The number of amides is 11. The Kier molecular flexibility index (Phi) is 30.8. The van der Waals surface area contributed by atoms with Gasteiger partial charge in [-0.1, -0.05) is 118 Å². The normalized spacial score (nSPS) is 14.2. The number of carbonyl (C=O) groups excluding carboxylic acids is 11.